The van der Waals surface area contributed by atoms with Crippen LogP contribution in [0.4, 0.5) is 30.6 Å². The summed E-state index contributed by atoms with van der Waals surface area (Å²) in [5, 5.41) is 9.70. The van der Waals surface area contributed by atoms with Gasteiger partial charge in [0.05, 0.1) is 30.8 Å². The Morgan fingerprint density at radius 3 is 2.50 bits per heavy atom. The molecule has 12 heteroatoms. The molecular formula is C22H18F3N7O2. The predicted molar refractivity (Wildman–Crippen MR) is 118 cm³/mol. The van der Waals surface area contributed by atoms with Crippen molar-refractivity contribution < 1.29 is 22.7 Å². The van der Waals surface area contributed by atoms with Crippen molar-refractivity contribution in [2.75, 3.05) is 17.7 Å². The maximum Gasteiger partial charge on any atom is 0.254 e. The number of benzene rings is 2. The van der Waals surface area contributed by atoms with Crippen LogP contribution in [0, 0.1) is 17.5 Å². The van der Waals surface area contributed by atoms with Crippen molar-refractivity contribution in [3.05, 3.63) is 83.6 Å². The van der Waals surface area contributed by atoms with E-state index in [1.165, 1.54) is 48.6 Å². The zero-order valence-electron chi connectivity index (χ0n) is 17.7. The number of anilines is 3. The van der Waals surface area contributed by atoms with Gasteiger partial charge in [-0.05, 0) is 24.3 Å². The minimum absolute atomic E-state index is 0.0292. The van der Waals surface area contributed by atoms with Gasteiger partial charge < -0.3 is 21.1 Å². The Hall–Kier alpha value is -4.61. The number of ether oxygens (including phenoxy) is 1. The van der Waals surface area contributed by atoms with E-state index in [9.17, 15) is 18.0 Å². The van der Waals surface area contributed by atoms with Crippen LogP contribution < -0.4 is 21.1 Å². The summed E-state index contributed by atoms with van der Waals surface area (Å²) in [6, 6.07) is 7.85. The number of hydrogen-bond donors (Lipinski definition) is 3. The quantitative estimate of drug-likeness (QED) is 0.361. The molecule has 34 heavy (non-hydrogen) atoms. The van der Waals surface area contributed by atoms with E-state index in [2.05, 4.69) is 25.7 Å². The highest BCUT2D eigenvalue weighted by molar-refractivity contribution is 5.97. The van der Waals surface area contributed by atoms with Gasteiger partial charge in [0.2, 0.25) is 5.95 Å². The number of nitrogens with one attached hydrogen (secondary N) is 2. The molecule has 0 fully saturated rings. The molecule has 2 heterocycles. The van der Waals surface area contributed by atoms with Crippen LogP contribution in [-0.4, -0.2) is 32.8 Å². The molecule has 0 bridgehead atoms. The third-order valence-electron chi connectivity index (χ3n) is 4.79. The summed E-state index contributed by atoms with van der Waals surface area (Å²) in [6.45, 7) is -0.291. The number of para-hydroxylation sites is 1. The molecule has 174 valence electrons. The number of methoxy groups -OCH3 is 1. The second kappa shape index (κ2) is 9.48. The van der Waals surface area contributed by atoms with Crippen LogP contribution >= 0.6 is 0 Å². The zero-order chi connectivity index (χ0) is 24.2. The van der Waals surface area contributed by atoms with Gasteiger partial charge in [0, 0.05) is 18.3 Å². The minimum atomic E-state index is -0.831. The van der Waals surface area contributed by atoms with Crippen LogP contribution in [0.1, 0.15) is 15.9 Å². The molecular weight excluding hydrogens is 451 g/mol. The summed E-state index contributed by atoms with van der Waals surface area (Å²) in [4.78, 5) is 20.0. The summed E-state index contributed by atoms with van der Waals surface area (Å²) in [5.41, 5.74) is 5.56. The number of halogens is 3. The van der Waals surface area contributed by atoms with E-state index in [4.69, 9.17) is 10.5 Å². The lowest BCUT2D eigenvalue weighted by Crippen LogP contribution is -2.17. The maximum absolute atomic E-state index is 14.3. The lowest BCUT2D eigenvalue weighted by atomic mass is 10.2. The molecule has 0 spiro atoms. The highest BCUT2D eigenvalue weighted by atomic mass is 19.1. The predicted octanol–water partition coefficient (Wildman–Crippen LogP) is 3.54. The molecule has 4 rings (SSSR count). The highest BCUT2D eigenvalue weighted by Gasteiger charge is 2.16. The largest absolute Gasteiger partial charge is 0.494 e. The smallest absolute Gasteiger partial charge is 0.254 e. The van der Waals surface area contributed by atoms with Crippen molar-refractivity contribution in [3.8, 4) is 11.4 Å². The van der Waals surface area contributed by atoms with Crippen LogP contribution in [0.3, 0.4) is 0 Å². The number of carbonyl (C=O) groups is 1. The second-order valence-electron chi connectivity index (χ2n) is 6.96. The summed E-state index contributed by atoms with van der Waals surface area (Å²) in [5.74, 6) is -2.60. The molecule has 0 saturated carbocycles. The van der Waals surface area contributed by atoms with Crippen molar-refractivity contribution in [2.24, 2.45) is 5.73 Å². The number of primary amides is 1. The third kappa shape index (κ3) is 4.60. The molecule has 4 N–H and O–H groups in total. The van der Waals surface area contributed by atoms with Crippen LogP contribution in [-0.2, 0) is 6.54 Å². The van der Waals surface area contributed by atoms with E-state index >= 15 is 0 Å². The van der Waals surface area contributed by atoms with E-state index in [1.807, 2.05) is 0 Å². The van der Waals surface area contributed by atoms with Crippen LogP contribution in [0.2, 0.25) is 0 Å². The molecule has 0 aliphatic heterocycles. The Kier molecular flexibility index (Phi) is 6.30. The van der Waals surface area contributed by atoms with E-state index < -0.39 is 23.4 Å². The Bertz CT molecular complexity index is 1340. The standard InChI is InChI=1S/C22H18F3N7O2/c1-34-18-7-3-6-17(25)19(18)32-11-12(8-29-32)30-22-28-10-14(20(26)33)21(31-22)27-9-13-15(23)4-2-5-16(13)24/h2-8,10-11H,9H2,1H3,(H2,26,33)(H2,27,28,30,31). The van der Waals surface area contributed by atoms with E-state index in [0.717, 1.165) is 12.1 Å². The molecule has 2 aromatic carbocycles. The van der Waals surface area contributed by atoms with Gasteiger partial charge in [-0.1, -0.05) is 12.1 Å². The van der Waals surface area contributed by atoms with Gasteiger partial charge >= 0.3 is 0 Å². The van der Waals surface area contributed by atoms with E-state index in [0.29, 0.717) is 5.69 Å². The normalized spacial score (nSPS) is 10.7. The zero-order valence-corrected chi connectivity index (χ0v) is 17.7. The van der Waals surface area contributed by atoms with Gasteiger partial charge in [-0.3, -0.25) is 4.79 Å². The number of nitrogens with zero attached hydrogens (tertiary/aromatic N) is 4. The topological polar surface area (TPSA) is 120 Å². The van der Waals surface area contributed by atoms with Crippen LogP contribution in [0.25, 0.3) is 5.69 Å². The van der Waals surface area contributed by atoms with E-state index in [-0.39, 0.29) is 40.9 Å². The molecule has 0 aliphatic carbocycles. The molecule has 0 aliphatic rings. The summed E-state index contributed by atoms with van der Waals surface area (Å²) >= 11 is 0. The minimum Gasteiger partial charge on any atom is -0.494 e. The molecule has 9 nitrogen and oxygen atoms in total. The Labute approximate surface area is 191 Å². The monoisotopic (exact) mass is 469 g/mol. The first-order valence-corrected chi connectivity index (χ1v) is 9.85. The number of amides is 1. The van der Waals surface area contributed by atoms with Crippen molar-refractivity contribution in [2.45, 2.75) is 6.54 Å². The number of nitrogens with two attached hydrogens (primary N) is 1. The lowest BCUT2D eigenvalue weighted by Gasteiger charge is -2.12. The first-order valence-electron chi connectivity index (χ1n) is 9.85. The fourth-order valence-corrected chi connectivity index (χ4v) is 3.15. The van der Waals surface area contributed by atoms with Crippen molar-refractivity contribution >= 4 is 23.4 Å². The van der Waals surface area contributed by atoms with Crippen LogP contribution in [0.15, 0.2) is 55.0 Å². The van der Waals surface area contributed by atoms with Gasteiger partial charge in [-0.2, -0.15) is 10.1 Å². The Morgan fingerprint density at radius 2 is 1.79 bits per heavy atom. The van der Waals surface area contributed by atoms with Gasteiger partial charge in [-0.25, -0.2) is 22.8 Å². The van der Waals surface area contributed by atoms with Gasteiger partial charge in [-0.15, -0.1) is 0 Å². The summed E-state index contributed by atoms with van der Waals surface area (Å²) in [7, 11) is 1.41. The molecule has 0 atom stereocenters. The Balaban J connectivity index is 1.59. The lowest BCUT2D eigenvalue weighted by molar-refractivity contribution is 0.100. The fourth-order valence-electron chi connectivity index (χ4n) is 3.15. The van der Waals surface area contributed by atoms with Crippen LogP contribution in [0.5, 0.6) is 5.75 Å². The van der Waals surface area contributed by atoms with Crippen molar-refractivity contribution in [3.63, 3.8) is 0 Å². The molecule has 1 amide bonds. The first-order chi connectivity index (χ1) is 16.4. The second-order valence-corrected chi connectivity index (χ2v) is 6.96. The number of aromatic nitrogens is 4. The van der Waals surface area contributed by atoms with Crippen molar-refractivity contribution in [1.82, 2.24) is 19.7 Å². The molecule has 0 radical (unpaired) electrons. The Morgan fingerprint density at radius 1 is 1.09 bits per heavy atom. The van der Waals surface area contributed by atoms with E-state index in [1.54, 1.807) is 6.07 Å². The number of hydrogen-bond acceptors (Lipinski definition) is 7. The van der Waals surface area contributed by atoms with Gasteiger partial charge in [0.25, 0.3) is 5.91 Å². The summed E-state index contributed by atoms with van der Waals surface area (Å²) in [6.07, 6.45) is 4.05. The molecule has 2 aromatic heterocycles. The van der Waals surface area contributed by atoms with Crippen molar-refractivity contribution in [1.29, 1.82) is 0 Å². The first kappa shape index (κ1) is 22.6. The highest BCUT2D eigenvalue weighted by Crippen LogP contribution is 2.27. The van der Waals surface area contributed by atoms with Gasteiger partial charge in [0.1, 0.15) is 28.9 Å². The third-order valence-corrected chi connectivity index (χ3v) is 4.79. The number of carbonyl (C=O) groups excluding carboxylic acids is 1. The SMILES string of the molecule is COc1cccc(F)c1-n1cc(Nc2ncc(C(N)=O)c(NCc3c(F)cccc3F)n2)cn1. The molecule has 4 aromatic rings. The fraction of sp³-hybridized carbons (Fsp3) is 0.0909. The summed E-state index contributed by atoms with van der Waals surface area (Å²) < 4.78 is 48.7. The molecule has 0 saturated heterocycles. The average molecular weight is 469 g/mol. The maximum atomic E-state index is 14.3. The number of rotatable bonds is 8. The van der Waals surface area contributed by atoms with Gasteiger partial charge in [0.15, 0.2) is 5.82 Å². The average Bonchev–Trinajstić information content (AvgIpc) is 3.26. The molecule has 0 unspecified atom stereocenters.